The van der Waals surface area contributed by atoms with E-state index in [0.717, 1.165) is 0 Å². The number of rotatable bonds is 4. The third-order valence-corrected chi connectivity index (χ3v) is 4.77. The number of carbonyl (C=O) groups excluding carboxylic acids is 1. The first-order valence-electron chi connectivity index (χ1n) is 9.56. The van der Waals surface area contributed by atoms with E-state index in [-0.39, 0.29) is 42.2 Å². The topological polar surface area (TPSA) is 120 Å². The highest BCUT2D eigenvalue weighted by molar-refractivity contribution is 5.95. The van der Waals surface area contributed by atoms with Gasteiger partial charge in [0.25, 0.3) is 11.8 Å². The predicted octanol–water partition coefficient (Wildman–Crippen LogP) is 3.30. The molecule has 1 fully saturated rings. The Labute approximate surface area is 183 Å². The van der Waals surface area contributed by atoms with Crippen LogP contribution in [0, 0.1) is 0 Å². The van der Waals surface area contributed by atoms with Crippen molar-refractivity contribution < 1.29 is 31.7 Å². The van der Waals surface area contributed by atoms with Gasteiger partial charge in [0, 0.05) is 17.4 Å². The third kappa shape index (κ3) is 4.05. The molecule has 5 rings (SSSR count). The molecule has 0 spiro atoms. The molecule has 0 bridgehead atoms. The van der Waals surface area contributed by atoms with E-state index in [2.05, 4.69) is 29.8 Å². The second-order valence-electron chi connectivity index (χ2n) is 6.93. The van der Waals surface area contributed by atoms with Crippen LogP contribution >= 0.6 is 0 Å². The zero-order valence-electron chi connectivity index (χ0n) is 16.6. The van der Waals surface area contributed by atoms with Crippen LogP contribution in [0.25, 0.3) is 22.9 Å². The highest BCUT2D eigenvalue weighted by atomic mass is 19.4. The molecule has 0 unspecified atom stereocenters. The van der Waals surface area contributed by atoms with Gasteiger partial charge in [-0.2, -0.15) is 23.1 Å². The van der Waals surface area contributed by atoms with Crippen molar-refractivity contribution in [2.45, 2.75) is 12.2 Å². The van der Waals surface area contributed by atoms with Crippen LogP contribution in [0.3, 0.4) is 0 Å². The number of alkyl halides is 3. The molecule has 1 aliphatic heterocycles. The Balaban J connectivity index is 1.42. The summed E-state index contributed by atoms with van der Waals surface area (Å²) in [5.41, 5.74) is 1.24. The molecule has 4 aromatic rings. The largest absolute Gasteiger partial charge is 0.471 e. The van der Waals surface area contributed by atoms with Gasteiger partial charge in [-0.15, -0.1) is 0 Å². The maximum Gasteiger partial charge on any atom is 0.471 e. The second-order valence-corrected chi connectivity index (χ2v) is 6.93. The first-order valence-corrected chi connectivity index (χ1v) is 9.56. The van der Waals surface area contributed by atoms with Gasteiger partial charge in [-0.1, -0.05) is 16.4 Å². The molecule has 168 valence electrons. The van der Waals surface area contributed by atoms with Gasteiger partial charge in [0.15, 0.2) is 0 Å². The average Bonchev–Trinajstić information content (AvgIpc) is 3.50. The minimum Gasteiger partial charge on any atom is -0.369 e. The van der Waals surface area contributed by atoms with Gasteiger partial charge in [0.2, 0.25) is 11.6 Å². The van der Waals surface area contributed by atoms with Crippen LogP contribution in [0.1, 0.15) is 17.8 Å². The Hall–Kier alpha value is -4.13. The quantitative estimate of drug-likeness (QED) is 0.453. The van der Waals surface area contributed by atoms with Crippen LogP contribution in [0.15, 0.2) is 57.7 Å². The lowest BCUT2D eigenvalue weighted by Gasteiger charge is -2.33. The van der Waals surface area contributed by atoms with Crippen molar-refractivity contribution in [1.29, 1.82) is 0 Å². The van der Waals surface area contributed by atoms with E-state index in [9.17, 15) is 18.0 Å². The second kappa shape index (κ2) is 8.09. The van der Waals surface area contributed by atoms with Crippen LogP contribution in [0.4, 0.5) is 18.9 Å². The summed E-state index contributed by atoms with van der Waals surface area (Å²) in [5, 5.41) is 7.29. The van der Waals surface area contributed by atoms with E-state index in [1.165, 1.54) is 17.0 Å². The standard InChI is InChI=1S/C20H13F3N6O4/c21-20(22,23)19-26-16(27-33-19)11-4-6-12(7-5-11)29-14(9-31-10-15(29)30)18-25-17(28-32-18)13-3-1-2-8-24-13/h1-8,14H,9-10H2/t14-/m0/s1. The summed E-state index contributed by atoms with van der Waals surface area (Å²) < 4.78 is 53.1. The normalized spacial score (nSPS) is 16.9. The Kier molecular flexibility index (Phi) is 5.09. The first-order chi connectivity index (χ1) is 15.9. The highest BCUT2D eigenvalue weighted by Gasteiger charge is 2.39. The van der Waals surface area contributed by atoms with E-state index in [1.54, 1.807) is 36.5 Å². The van der Waals surface area contributed by atoms with Crippen molar-refractivity contribution in [3.63, 3.8) is 0 Å². The van der Waals surface area contributed by atoms with Crippen LogP contribution in [-0.2, 0) is 15.7 Å². The number of benzene rings is 1. The van der Waals surface area contributed by atoms with Gasteiger partial charge in [0.05, 0.1) is 6.61 Å². The molecule has 33 heavy (non-hydrogen) atoms. The number of amides is 1. The molecule has 1 saturated heterocycles. The number of nitrogens with zero attached hydrogens (tertiary/aromatic N) is 6. The molecule has 0 radical (unpaired) electrons. The summed E-state index contributed by atoms with van der Waals surface area (Å²) >= 11 is 0. The van der Waals surface area contributed by atoms with Crippen molar-refractivity contribution in [3.05, 3.63) is 60.4 Å². The molecule has 1 atom stereocenters. The van der Waals surface area contributed by atoms with E-state index >= 15 is 0 Å². The number of aromatic nitrogens is 5. The fourth-order valence-electron chi connectivity index (χ4n) is 3.28. The molecule has 4 heterocycles. The summed E-state index contributed by atoms with van der Waals surface area (Å²) in [5.74, 6) is -1.60. The number of hydrogen-bond acceptors (Lipinski definition) is 9. The first kappa shape index (κ1) is 20.8. The van der Waals surface area contributed by atoms with Crippen LogP contribution in [-0.4, -0.2) is 44.4 Å². The maximum absolute atomic E-state index is 12.7. The Bertz CT molecular complexity index is 1270. The van der Waals surface area contributed by atoms with Crippen molar-refractivity contribution >= 4 is 11.6 Å². The third-order valence-electron chi connectivity index (χ3n) is 4.77. The summed E-state index contributed by atoms with van der Waals surface area (Å²) in [6.45, 7) is -0.0452. The average molecular weight is 458 g/mol. The molecule has 3 aromatic heterocycles. The van der Waals surface area contributed by atoms with Gasteiger partial charge in [-0.3, -0.25) is 14.7 Å². The number of ether oxygens (including phenoxy) is 1. The van der Waals surface area contributed by atoms with Gasteiger partial charge in [-0.05, 0) is 36.4 Å². The lowest BCUT2D eigenvalue weighted by molar-refractivity contribution is -0.159. The van der Waals surface area contributed by atoms with Gasteiger partial charge >= 0.3 is 12.1 Å². The molecular formula is C20H13F3N6O4. The molecule has 1 aromatic carbocycles. The summed E-state index contributed by atoms with van der Waals surface area (Å²) in [7, 11) is 0. The monoisotopic (exact) mass is 458 g/mol. The molecule has 0 saturated carbocycles. The summed E-state index contributed by atoms with van der Waals surface area (Å²) in [6, 6.07) is 10.6. The number of pyridine rings is 1. The lowest BCUT2D eigenvalue weighted by Crippen LogP contribution is -2.44. The van der Waals surface area contributed by atoms with Crippen molar-refractivity contribution in [2.75, 3.05) is 18.1 Å². The maximum atomic E-state index is 12.7. The number of hydrogen-bond donors (Lipinski definition) is 0. The molecule has 1 amide bonds. The fraction of sp³-hybridized carbons (Fsp3) is 0.200. The van der Waals surface area contributed by atoms with Crippen molar-refractivity contribution in [2.24, 2.45) is 0 Å². The van der Waals surface area contributed by atoms with Gasteiger partial charge in [0.1, 0.15) is 18.3 Å². The number of carbonyl (C=O) groups is 1. The Morgan fingerprint density at radius 1 is 0.970 bits per heavy atom. The number of morpholine rings is 1. The van der Waals surface area contributed by atoms with Crippen LogP contribution in [0.5, 0.6) is 0 Å². The van der Waals surface area contributed by atoms with Gasteiger partial charge < -0.3 is 13.8 Å². The Morgan fingerprint density at radius 3 is 2.45 bits per heavy atom. The smallest absolute Gasteiger partial charge is 0.369 e. The van der Waals surface area contributed by atoms with Gasteiger partial charge in [-0.25, -0.2) is 0 Å². The van der Waals surface area contributed by atoms with Crippen LogP contribution in [0.2, 0.25) is 0 Å². The molecular weight excluding hydrogens is 445 g/mol. The van der Waals surface area contributed by atoms with E-state index in [4.69, 9.17) is 9.26 Å². The molecule has 1 aliphatic rings. The van der Waals surface area contributed by atoms with Crippen molar-refractivity contribution in [1.82, 2.24) is 25.3 Å². The van der Waals surface area contributed by atoms with Crippen molar-refractivity contribution in [3.8, 4) is 22.9 Å². The minimum atomic E-state index is -4.74. The number of anilines is 1. The molecule has 0 aliphatic carbocycles. The zero-order chi connectivity index (χ0) is 23.0. The molecule has 13 heteroatoms. The predicted molar refractivity (Wildman–Crippen MR) is 103 cm³/mol. The fourth-order valence-corrected chi connectivity index (χ4v) is 3.28. The summed E-state index contributed by atoms with van der Waals surface area (Å²) in [6.07, 6.45) is -3.15. The molecule has 10 nitrogen and oxygen atoms in total. The zero-order valence-corrected chi connectivity index (χ0v) is 16.6. The minimum absolute atomic E-state index is 0.108. The number of halogens is 3. The highest BCUT2D eigenvalue weighted by Crippen LogP contribution is 2.33. The Morgan fingerprint density at radius 2 is 1.76 bits per heavy atom. The lowest BCUT2D eigenvalue weighted by atomic mass is 10.1. The van der Waals surface area contributed by atoms with E-state index < -0.39 is 18.1 Å². The van der Waals surface area contributed by atoms with E-state index in [0.29, 0.717) is 11.4 Å². The van der Waals surface area contributed by atoms with E-state index in [1.807, 2.05) is 0 Å². The molecule has 0 N–H and O–H groups in total. The summed E-state index contributed by atoms with van der Waals surface area (Å²) in [4.78, 5) is 26.0. The van der Waals surface area contributed by atoms with Crippen LogP contribution < -0.4 is 4.90 Å². The SMILES string of the molecule is O=C1COC[C@@H](c2nc(-c3ccccn3)no2)N1c1ccc(-c2noc(C(F)(F)F)n2)cc1.